The van der Waals surface area contributed by atoms with Gasteiger partial charge >= 0.3 is 0 Å². The smallest absolute Gasteiger partial charge is 0.137 e. The van der Waals surface area contributed by atoms with Gasteiger partial charge in [-0.05, 0) is 43.0 Å². The summed E-state index contributed by atoms with van der Waals surface area (Å²) in [5.41, 5.74) is 3.06. The third-order valence-electron chi connectivity index (χ3n) is 3.04. The number of benzene rings is 1. The molecule has 0 radical (unpaired) electrons. The summed E-state index contributed by atoms with van der Waals surface area (Å²) in [7, 11) is 0. The number of aliphatic hydroxyl groups excluding tert-OH is 1. The van der Waals surface area contributed by atoms with Gasteiger partial charge in [0.05, 0.1) is 6.61 Å². The van der Waals surface area contributed by atoms with E-state index in [0.29, 0.717) is 5.92 Å². The Bertz CT molecular complexity index is 506. The first-order chi connectivity index (χ1) is 7.28. The van der Waals surface area contributed by atoms with Crippen LogP contribution in [-0.4, -0.2) is 5.11 Å². The molecular weight excluding hydrogens is 188 g/mol. The van der Waals surface area contributed by atoms with Crippen molar-refractivity contribution in [3.8, 4) is 0 Å². The topological polar surface area (TPSA) is 33.4 Å². The largest absolute Gasteiger partial charge is 0.461 e. The quantitative estimate of drug-likeness (QED) is 0.811. The Morgan fingerprint density at radius 1 is 1.33 bits per heavy atom. The summed E-state index contributed by atoms with van der Waals surface area (Å²) in [5, 5.41) is 10.2. The molecule has 0 saturated heterocycles. The van der Waals surface area contributed by atoms with Gasteiger partial charge in [-0.25, -0.2) is 0 Å². The second kappa shape index (κ2) is 3.11. The highest BCUT2D eigenvalue weighted by Gasteiger charge is 2.27. The highest BCUT2D eigenvalue weighted by atomic mass is 16.3. The van der Waals surface area contributed by atoms with Crippen molar-refractivity contribution in [3.05, 3.63) is 35.1 Å². The Hall–Kier alpha value is -1.28. The third kappa shape index (κ3) is 1.45. The molecule has 1 aliphatic carbocycles. The lowest BCUT2D eigenvalue weighted by Crippen LogP contribution is -1.84. The molecule has 78 valence electrons. The van der Waals surface area contributed by atoms with Gasteiger partial charge < -0.3 is 9.52 Å². The predicted molar refractivity (Wildman–Crippen MR) is 58.8 cm³/mol. The van der Waals surface area contributed by atoms with E-state index in [1.807, 2.05) is 19.1 Å². The van der Waals surface area contributed by atoms with Gasteiger partial charge in [0.15, 0.2) is 0 Å². The molecule has 0 spiro atoms. The number of aliphatic hydroxyl groups is 1. The fourth-order valence-corrected chi connectivity index (χ4v) is 2.09. The van der Waals surface area contributed by atoms with E-state index in [1.54, 1.807) is 0 Å². The van der Waals surface area contributed by atoms with Crippen LogP contribution in [0.1, 0.15) is 35.6 Å². The maximum Gasteiger partial charge on any atom is 0.137 e. The van der Waals surface area contributed by atoms with Crippen molar-refractivity contribution in [1.29, 1.82) is 0 Å². The zero-order valence-corrected chi connectivity index (χ0v) is 8.79. The Kier molecular flexibility index (Phi) is 1.86. The summed E-state index contributed by atoms with van der Waals surface area (Å²) in [6.45, 7) is 2.13. The molecule has 0 aliphatic heterocycles. The Balaban J connectivity index is 2.19. The summed E-state index contributed by atoms with van der Waals surface area (Å²) in [6.07, 6.45) is 2.51. The number of furan rings is 1. The number of rotatable bonds is 2. The summed E-state index contributed by atoms with van der Waals surface area (Å²) in [5.74, 6) is 1.76. The summed E-state index contributed by atoms with van der Waals surface area (Å²) < 4.78 is 5.84. The van der Waals surface area contributed by atoms with E-state index in [0.717, 1.165) is 27.9 Å². The zero-order chi connectivity index (χ0) is 10.4. The molecule has 0 bridgehead atoms. The summed E-state index contributed by atoms with van der Waals surface area (Å²) in [4.78, 5) is 0. The first-order valence-corrected chi connectivity index (χ1v) is 5.42. The van der Waals surface area contributed by atoms with Crippen molar-refractivity contribution >= 4 is 11.0 Å². The Morgan fingerprint density at radius 3 is 2.80 bits per heavy atom. The maximum atomic E-state index is 9.12. The van der Waals surface area contributed by atoms with Crippen LogP contribution < -0.4 is 0 Å². The van der Waals surface area contributed by atoms with E-state index in [4.69, 9.17) is 9.52 Å². The van der Waals surface area contributed by atoms with Crippen LogP contribution in [0.5, 0.6) is 0 Å². The third-order valence-corrected chi connectivity index (χ3v) is 3.04. The minimum Gasteiger partial charge on any atom is -0.461 e. The first kappa shape index (κ1) is 8.98. The van der Waals surface area contributed by atoms with E-state index in [1.165, 1.54) is 12.8 Å². The first-order valence-electron chi connectivity index (χ1n) is 5.42. The molecule has 0 amide bonds. The van der Waals surface area contributed by atoms with E-state index in [9.17, 15) is 0 Å². The lowest BCUT2D eigenvalue weighted by atomic mass is 10.1. The monoisotopic (exact) mass is 202 g/mol. The van der Waals surface area contributed by atoms with E-state index in [-0.39, 0.29) is 6.61 Å². The van der Waals surface area contributed by atoms with Gasteiger partial charge in [-0.3, -0.25) is 0 Å². The average molecular weight is 202 g/mol. The molecule has 1 fully saturated rings. The predicted octanol–water partition coefficient (Wildman–Crippen LogP) is 3.11. The van der Waals surface area contributed by atoms with Crippen LogP contribution in [0, 0.1) is 6.92 Å². The van der Waals surface area contributed by atoms with Gasteiger partial charge in [-0.1, -0.05) is 6.07 Å². The van der Waals surface area contributed by atoms with Crippen LogP contribution in [-0.2, 0) is 6.61 Å². The minimum atomic E-state index is 0.0979. The molecule has 0 unspecified atom stereocenters. The molecule has 1 aliphatic rings. The number of hydrogen-bond donors (Lipinski definition) is 1. The van der Waals surface area contributed by atoms with Gasteiger partial charge in [0.2, 0.25) is 0 Å². The molecule has 1 saturated carbocycles. The van der Waals surface area contributed by atoms with Gasteiger partial charge in [-0.15, -0.1) is 0 Å². The molecule has 2 aromatic rings. The molecular formula is C13H14O2. The number of hydrogen-bond acceptors (Lipinski definition) is 2. The molecule has 1 heterocycles. The van der Waals surface area contributed by atoms with Crippen molar-refractivity contribution in [1.82, 2.24) is 0 Å². The molecule has 1 N–H and O–H groups in total. The van der Waals surface area contributed by atoms with Crippen molar-refractivity contribution in [3.63, 3.8) is 0 Å². The van der Waals surface area contributed by atoms with Crippen LogP contribution in [0.4, 0.5) is 0 Å². The van der Waals surface area contributed by atoms with Gasteiger partial charge in [-0.2, -0.15) is 0 Å². The molecule has 2 heteroatoms. The van der Waals surface area contributed by atoms with Crippen LogP contribution in [0.2, 0.25) is 0 Å². The normalized spacial score (nSPS) is 16.1. The lowest BCUT2D eigenvalue weighted by molar-refractivity contribution is 0.282. The van der Waals surface area contributed by atoms with E-state index < -0.39 is 0 Å². The standard InChI is InChI=1S/C13H14O2/c1-8-4-9(7-14)5-11-6-12(10-2-3-10)15-13(8)11/h4-6,10,14H,2-3,7H2,1H3. The summed E-state index contributed by atoms with van der Waals surface area (Å²) >= 11 is 0. The van der Waals surface area contributed by atoms with Crippen LogP contribution in [0.25, 0.3) is 11.0 Å². The Labute approximate surface area is 88.5 Å². The average Bonchev–Trinajstić information content (AvgIpc) is 2.98. The zero-order valence-electron chi connectivity index (χ0n) is 8.79. The maximum absolute atomic E-state index is 9.12. The van der Waals surface area contributed by atoms with Crippen LogP contribution in [0.3, 0.4) is 0 Å². The van der Waals surface area contributed by atoms with Gasteiger partial charge in [0.25, 0.3) is 0 Å². The molecule has 2 nitrogen and oxygen atoms in total. The van der Waals surface area contributed by atoms with Crippen LogP contribution in [0.15, 0.2) is 22.6 Å². The molecule has 0 atom stereocenters. The molecule has 3 rings (SSSR count). The highest BCUT2D eigenvalue weighted by molar-refractivity contribution is 5.82. The lowest BCUT2D eigenvalue weighted by Gasteiger charge is -1.99. The van der Waals surface area contributed by atoms with Crippen molar-refractivity contribution in [2.45, 2.75) is 32.3 Å². The second-order valence-electron chi connectivity index (χ2n) is 4.41. The fourth-order valence-electron chi connectivity index (χ4n) is 2.09. The molecule has 1 aromatic carbocycles. The minimum absolute atomic E-state index is 0.0979. The van der Waals surface area contributed by atoms with Crippen molar-refractivity contribution in [2.24, 2.45) is 0 Å². The van der Waals surface area contributed by atoms with Gasteiger partial charge in [0.1, 0.15) is 11.3 Å². The highest BCUT2D eigenvalue weighted by Crippen LogP contribution is 2.42. The van der Waals surface area contributed by atoms with E-state index >= 15 is 0 Å². The van der Waals surface area contributed by atoms with E-state index in [2.05, 4.69) is 6.07 Å². The van der Waals surface area contributed by atoms with Crippen LogP contribution >= 0.6 is 0 Å². The Morgan fingerprint density at radius 2 is 2.13 bits per heavy atom. The molecule has 1 aromatic heterocycles. The van der Waals surface area contributed by atoms with Crippen molar-refractivity contribution in [2.75, 3.05) is 0 Å². The van der Waals surface area contributed by atoms with Crippen molar-refractivity contribution < 1.29 is 9.52 Å². The number of aryl methyl sites for hydroxylation is 1. The fraction of sp³-hybridized carbons (Fsp3) is 0.385. The van der Waals surface area contributed by atoms with Gasteiger partial charge in [0, 0.05) is 11.3 Å². The molecule has 15 heavy (non-hydrogen) atoms. The number of fused-ring (bicyclic) bond motifs is 1. The summed E-state index contributed by atoms with van der Waals surface area (Å²) in [6, 6.07) is 6.12. The SMILES string of the molecule is Cc1cc(CO)cc2cc(C3CC3)oc12. The second-order valence-corrected chi connectivity index (χ2v) is 4.41.